The van der Waals surface area contributed by atoms with Crippen molar-refractivity contribution < 1.29 is 19.4 Å². The minimum Gasteiger partial charge on any atom is -0.480 e. The lowest BCUT2D eigenvalue weighted by Crippen LogP contribution is -2.45. The van der Waals surface area contributed by atoms with Crippen LogP contribution < -0.4 is 10.6 Å². The van der Waals surface area contributed by atoms with Gasteiger partial charge in [0.15, 0.2) is 0 Å². The van der Waals surface area contributed by atoms with Gasteiger partial charge in [-0.15, -0.1) is 0 Å². The Morgan fingerprint density at radius 2 is 1.85 bits per heavy atom. The van der Waals surface area contributed by atoms with Crippen LogP contribution >= 0.6 is 0 Å². The first kappa shape index (κ1) is 15.3. The largest absolute Gasteiger partial charge is 0.480 e. The molecule has 0 bridgehead atoms. The summed E-state index contributed by atoms with van der Waals surface area (Å²) >= 11 is 0. The van der Waals surface area contributed by atoms with Crippen LogP contribution in [-0.4, -0.2) is 48.3 Å². The van der Waals surface area contributed by atoms with Crippen molar-refractivity contribution in [3.63, 3.8) is 0 Å². The fourth-order valence-electron chi connectivity index (χ4n) is 2.86. The van der Waals surface area contributed by atoms with Crippen LogP contribution in [0.2, 0.25) is 0 Å². The SMILES string of the molecule is O=C(O)[C@@H]1CC[C@H](C(=O)NCCCOC2CCCC2)N1. The van der Waals surface area contributed by atoms with E-state index in [1.54, 1.807) is 0 Å². The first-order valence-electron chi connectivity index (χ1n) is 7.55. The van der Waals surface area contributed by atoms with Crippen molar-refractivity contribution in [1.29, 1.82) is 0 Å². The molecule has 3 N–H and O–H groups in total. The predicted octanol–water partition coefficient (Wildman–Crippen LogP) is 0.657. The molecule has 1 amide bonds. The molecule has 114 valence electrons. The van der Waals surface area contributed by atoms with E-state index in [0.29, 0.717) is 32.1 Å². The van der Waals surface area contributed by atoms with Gasteiger partial charge in [0.1, 0.15) is 6.04 Å². The van der Waals surface area contributed by atoms with Crippen LogP contribution in [0, 0.1) is 0 Å². The molecular weight excluding hydrogens is 260 g/mol. The van der Waals surface area contributed by atoms with Crippen molar-refractivity contribution in [2.75, 3.05) is 13.2 Å². The van der Waals surface area contributed by atoms with Crippen LogP contribution in [0.3, 0.4) is 0 Å². The molecule has 0 spiro atoms. The second kappa shape index (κ2) is 7.59. The number of rotatable bonds is 7. The molecule has 0 aromatic heterocycles. The first-order valence-corrected chi connectivity index (χ1v) is 7.55. The van der Waals surface area contributed by atoms with Crippen molar-refractivity contribution in [1.82, 2.24) is 10.6 Å². The number of hydrogen-bond donors (Lipinski definition) is 3. The second-order valence-electron chi connectivity index (χ2n) is 5.61. The lowest BCUT2D eigenvalue weighted by Gasteiger charge is -2.13. The van der Waals surface area contributed by atoms with Crippen molar-refractivity contribution in [2.24, 2.45) is 0 Å². The molecule has 1 heterocycles. The maximum Gasteiger partial charge on any atom is 0.320 e. The highest BCUT2D eigenvalue weighted by atomic mass is 16.5. The molecule has 1 saturated heterocycles. The quantitative estimate of drug-likeness (QED) is 0.598. The van der Waals surface area contributed by atoms with E-state index in [1.807, 2.05) is 0 Å². The lowest BCUT2D eigenvalue weighted by atomic mass is 10.2. The zero-order chi connectivity index (χ0) is 14.4. The summed E-state index contributed by atoms with van der Waals surface area (Å²) in [5.41, 5.74) is 0. The maximum absolute atomic E-state index is 11.8. The molecule has 0 unspecified atom stereocenters. The number of hydrogen-bond acceptors (Lipinski definition) is 4. The summed E-state index contributed by atoms with van der Waals surface area (Å²) in [6.45, 7) is 1.27. The molecule has 20 heavy (non-hydrogen) atoms. The van der Waals surface area contributed by atoms with Gasteiger partial charge in [-0.2, -0.15) is 0 Å². The minimum absolute atomic E-state index is 0.102. The summed E-state index contributed by atoms with van der Waals surface area (Å²) in [4.78, 5) is 22.6. The van der Waals surface area contributed by atoms with Gasteiger partial charge < -0.3 is 15.2 Å². The molecule has 1 aliphatic carbocycles. The van der Waals surface area contributed by atoms with Gasteiger partial charge in [0, 0.05) is 13.2 Å². The van der Waals surface area contributed by atoms with E-state index in [-0.39, 0.29) is 11.9 Å². The lowest BCUT2D eigenvalue weighted by molar-refractivity contribution is -0.139. The summed E-state index contributed by atoms with van der Waals surface area (Å²) in [6.07, 6.45) is 7.17. The Hall–Kier alpha value is -1.14. The van der Waals surface area contributed by atoms with Gasteiger partial charge in [0.05, 0.1) is 12.1 Å². The molecule has 6 nitrogen and oxygen atoms in total. The normalized spacial score (nSPS) is 26.8. The van der Waals surface area contributed by atoms with Gasteiger partial charge in [-0.05, 0) is 32.1 Å². The third-order valence-corrected chi connectivity index (χ3v) is 4.04. The van der Waals surface area contributed by atoms with Crippen LogP contribution in [0.5, 0.6) is 0 Å². The first-order chi connectivity index (χ1) is 9.66. The van der Waals surface area contributed by atoms with E-state index in [9.17, 15) is 9.59 Å². The second-order valence-corrected chi connectivity index (χ2v) is 5.61. The third kappa shape index (κ3) is 4.45. The minimum atomic E-state index is -0.884. The maximum atomic E-state index is 11.8. The monoisotopic (exact) mass is 284 g/mol. The number of carboxylic acids is 1. The Labute approximate surface area is 119 Å². The van der Waals surface area contributed by atoms with Crippen LogP contribution in [0.4, 0.5) is 0 Å². The van der Waals surface area contributed by atoms with E-state index < -0.39 is 12.0 Å². The zero-order valence-corrected chi connectivity index (χ0v) is 11.8. The fourth-order valence-corrected chi connectivity index (χ4v) is 2.86. The van der Waals surface area contributed by atoms with Gasteiger partial charge in [0.25, 0.3) is 0 Å². The topological polar surface area (TPSA) is 87.7 Å². The fraction of sp³-hybridized carbons (Fsp3) is 0.857. The van der Waals surface area contributed by atoms with Gasteiger partial charge in [-0.3, -0.25) is 14.9 Å². The molecular formula is C14H24N2O4. The molecule has 2 aliphatic rings. The smallest absolute Gasteiger partial charge is 0.320 e. The summed E-state index contributed by atoms with van der Waals surface area (Å²) in [5, 5.41) is 14.5. The van der Waals surface area contributed by atoms with Gasteiger partial charge in [-0.1, -0.05) is 12.8 Å². The number of carboxylic acid groups (broad SMARTS) is 1. The molecule has 1 saturated carbocycles. The number of amides is 1. The van der Waals surface area contributed by atoms with Crippen molar-refractivity contribution >= 4 is 11.9 Å². The average Bonchev–Trinajstić information content (AvgIpc) is 3.09. The molecule has 0 aromatic carbocycles. The van der Waals surface area contributed by atoms with E-state index in [1.165, 1.54) is 12.8 Å². The molecule has 2 fully saturated rings. The number of carbonyl (C=O) groups is 2. The number of nitrogens with one attached hydrogen (secondary N) is 2. The summed E-state index contributed by atoms with van der Waals surface area (Å²) in [5.74, 6) is -0.986. The average molecular weight is 284 g/mol. The highest BCUT2D eigenvalue weighted by molar-refractivity contribution is 5.84. The Bertz CT molecular complexity index is 342. The Morgan fingerprint density at radius 1 is 1.15 bits per heavy atom. The standard InChI is InChI=1S/C14H24N2O4/c17-13(11-6-7-12(16-11)14(18)19)15-8-3-9-20-10-4-1-2-5-10/h10-12,16H,1-9H2,(H,15,17)(H,18,19)/t11-,12+/m1/s1. The van der Waals surface area contributed by atoms with Gasteiger partial charge in [-0.25, -0.2) is 0 Å². The molecule has 2 atom stereocenters. The molecule has 6 heteroatoms. The molecule has 2 rings (SSSR count). The predicted molar refractivity (Wildman–Crippen MR) is 73.4 cm³/mol. The third-order valence-electron chi connectivity index (χ3n) is 4.04. The number of ether oxygens (including phenoxy) is 1. The van der Waals surface area contributed by atoms with Crippen LogP contribution in [0.25, 0.3) is 0 Å². The van der Waals surface area contributed by atoms with Crippen LogP contribution in [0.15, 0.2) is 0 Å². The summed E-state index contributed by atoms with van der Waals surface area (Å²) in [7, 11) is 0. The number of aliphatic carboxylic acids is 1. The van der Waals surface area contributed by atoms with E-state index in [0.717, 1.165) is 19.3 Å². The van der Waals surface area contributed by atoms with Crippen LogP contribution in [0.1, 0.15) is 44.9 Å². The highest BCUT2D eigenvalue weighted by Crippen LogP contribution is 2.20. The summed E-state index contributed by atoms with van der Waals surface area (Å²) in [6, 6.07) is -0.955. The Morgan fingerprint density at radius 3 is 2.50 bits per heavy atom. The van der Waals surface area contributed by atoms with Crippen LogP contribution in [-0.2, 0) is 14.3 Å². The zero-order valence-electron chi connectivity index (χ0n) is 11.8. The van der Waals surface area contributed by atoms with E-state index >= 15 is 0 Å². The van der Waals surface area contributed by atoms with Gasteiger partial charge >= 0.3 is 5.97 Å². The van der Waals surface area contributed by atoms with Gasteiger partial charge in [0.2, 0.25) is 5.91 Å². The van der Waals surface area contributed by atoms with Crippen molar-refractivity contribution in [3.8, 4) is 0 Å². The molecule has 0 radical (unpaired) electrons. The van der Waals surface area contributed by atoms with E-state index in [4.69, 9.17) is 9.84 Å². The highest BCUT2D eigenvalue weighted by Gasteiger charge is 2.32. The Balaban J connectivity index is 1.53. The summed E-state index contributed by atoms with van der Waals surface area (Å²) < 4.78 is 5.71. The number of carbonyl (C=O) groups excluding carboxylic acids is 1. The molecule has 1 aliphatic heterocycles. The van der Waals surface area contributed by atoms with Crippen molar-refractivity contribution in [3.05, 3.63) is 0 Å². The molecule has 0 aromatic rings. The van der Waals surface area contributed by atoms with Crippen molar-refractivity contribution in [2.45, 2.75) is 63.1 Å². The Kier molecular flexibility index (Phi) is 5.79. The van der Waals surface area contributed by atoms with E-state index in [2.05, 4.69) is 10.6 Å².